The zero-order chi connectivity index (χ0) is 11.4. The van der Waals surface area contributed by atoms with Crippen LogP contribution in [0.3, 0.4) is 0 Å². The van der Waals surface area contributed by atoms with E-state index in [0.29, 0.717) is 12.1 Å². The Bertz CT molecular complexity index is 329. The van der Waals surface area contributed by atoms with Gasteiger partial charge in [0, 0.05) is 23.8 Å². The van der Waals surface area contributed by atoms with Crippen LogP contribution in [-0.2, 0) is 13.1 Å². The molecule has 4 nitrogen and oxygen atoms in total. The van der Waals surface area contributed by atoms with Crippen LogP contribution in [0.1, 0.15) is 38.2 Å². The molecule has 1 aromatic heterocycles. The number of aliphatic hydroxyl groups excluding tert-OH is 1. The number of aliphatic hydroxyl groups is 1. The molecule has 0 spiro atoms. The van der Waals surface area contributed by atoms with Crippen molar-refractivity contribution in [1.29, 1.82) is 0 Å². The molecule has 0 aliphatic heterocycles. The molecule has 0 bridgehead atoms. The molecular weight excluding hydrogens is 202 g/mol. The predicted octanol–water partition coefficient (Wildman–Crippen LogP) is 1.30. The van der Waals surface area contributed by atoms with E-state index in [2.05, 4.69) is 17.3 Å². The lowest BCUT2D eigenvalue weighted by Crippen LogP contribution is -2.38. The molecule has 1 aromatic rings. The normalized spacial score (nSPS) is 19.1. The third-order valence-corrected chi connectivity index (χ3v) is 3.44. The first-order valence-corrected chi connectivity index (χ1v) is 6.09. The number of hydrogen-bond acceptors (Lipinski definition) is 3. The Labute approximate surface area is 96.7 Å². The number of nitrogens with one attached hydrogen (secondary N) is 1. The fraction of sp³-hybridized carbons (Fsp3) is 0.750. The minimum Gasteiger partial charge on any atom is -0.394 e. The highest BCUT2D eigenvalue weighted by Gasteiger charge is 2.27. The molecule has 0 aromatic carbocycles. The van der Waals surface area contributed by atoms with Gasteiger partial charge in [-0.05, 0) is 19.8 Å². The average molecular weight is 223 g/mol. The largest absolute Gasteiger partial charge is 0.394 e. The summed E-state index contributed by atoms with van der Waals surface area (Å²) in [5, 5.41) is 16.6. The van der Waals surface area contributed by atoms with Gasteiger partial charge in [0.15, 0.2) is 0 Å². The van der Waals surface area contributed by atoms with Crippen LogP contribution in [0.5, 0.6) is 0 Å². The van der Waals surface area contributed by atoms with Crippen molar-refractivity contribution in [2.24, 2.45) is 0 Å². The van der Waals surface area contributed by atoms with E-state index in [1.807, 2.05) is 12.4 Å². The van der Waals surface area contributed by atoms with E-state index >= 15 is 0 Å². The van der Waals surface area contributed by atoms with E-state index in [4.69, 9.17) is 5.11 Å². The van der Waals surface area contributed by atoms with Crippen molar-refractivity contribution in [3.63, 3.8) is 0 Å². The summed E-state index contributed by atoms with van der Waals surface area (Å²) in [6, 6.07) is 0. The molecule has 1 heterocycles. The second-order valence-corrected chi connectivity index (χ2v) is 4.96. The molecule has 4 heteroatoms. The Balaban J connectivity index is 1.84. The van der Waals surface area contributed by atoms with Gasteiger partial charge in [-0.1, -0.05) is 12.8 Å². The van der Waals surface area contributed by atoms with Gasteiger partial charge in [0.05, 0.1) is 19.3 Å². The summed E-state index contributed by atoms with van der Waals surface area (Å²) in [6.45, 7) is 3.91. The summed E-state index contributed by atoms with van der Waals surface area (Å²) in [4.78, 5) is 0. The van der Waals surface area contributed by atoms with Crippen molar-refractivity contribution in [3.8, 4) is 0 Å². The summed E-state index contributed by atoms with van der Waals surface area (Å²) >= 11 is 0. The Morgan fingerprint density at radius 2 is 2.25 bits per heavy atom. The van der Waals surface area contributed by atoms with Crippen LogP contribution in [0.25, 0.3) is 0 Å². The third-order valence-electron chi connectivity index (χ3n) is 3.44. The van der Waals surface area contributed by atoms with Crippen molar-refractivity contribution in [2.75, 3.05) is 6.61 Å². The summed E-state index contributed by atoms with van der Waals surface area (Å²) in [7, 11) is 0. The highest BCUT2D eigenvalue weighted by atomic mass is 16.3. The van der Waals surface area contributed by atoms with Gasteiger partial charge < -0.3 is 10.4 Å². The number of rotatable bonds is 5. The number of nitrogens with zero attached hydrogens (tertiary/aromatic N) is 2. The Morgan fingerprint density at radius 1 is 1.50 bits per heavy atom. The first-order chi connectivity index (χ1) is 7.72. The maximum Gasteiger partial charge on any atom is 0.0640 e. The highest BCUT2D eigenvalue weighted by molar-refractivity contribution is 5.04. The Hall–Kier alpha value is -0.870. The topological polar surface area (TPSA) is 50.1 Å². The molecule has 0 saturated heterocycles. The minimum absolute atomic E-state index is 0.145. The first kappa shape index (κ1) is 11.6. The summed E-state index contributed by atoms with van der Waals surface area (Å²) in [5.74, 6) is 0. The van der Waals surface area contributed by atoms with Crippen LogP contribution in [0.15, 0.2) is 12.4 Å². The molecule has 1 fully saturated rings. The molecule has 1 saturated carbocycles. The number of aromatic nitrogens is 2. The molecule has 90 valence electrons. The maximum atomic E-state index is 8.80. The molecule has 2 rings (SSSR count). The predicted molar refractivity (Wildman–Crippen MR) is 63.0 cm³/mol. The van der Waals surface area contributed by atoms with Crippen LogP contribution in [0.2, 0.25) is 0 Å². The van der Waals surface area contributed by atoms with Gasteiger partial charge in [-0.15, -0.1) is 0 Å². The van der Waals surface area contributed by atoms with Gasteiger partial charge in [-0.2, -0.15) is 5.10 Å². The SMILES string of the molecule is CC1(NCc2cnn(CCO)c2)CCCC1. The minimum atomic E-state index is 0.145. The molecule has 0 radical (unpaired) electrons. The fourth-order valence-electron chi connectivity index (χ4n) is 2.37. The van der Waals surface area contributed by atoms with Crippen molar-refractivity contribution >= 4 is 0 Å². The van der Waals surface area contributed by atoms with Crippen LogP contribution in [-0.4, -0.2) is 27.0 Å². The fourth-order valence-corrected chi connectivity index (χ4v) is 2.37. The monoisotopic (exact) mass is 223 g/mol. The maximum absolute atomic E-state index is 8.80. The van der Waals surface area contributed by atoms with Crippen LogP contribution >= 0.6 is 0 Å². The van der Waals surface area contributed by atoms with E-state index in [1.54, 1.807) is 4.68 Å². The lowest BCUT2D eigenvalue weighted by atomic mass is 10.0. The van der Waals surface area contributed by atoms with Crippen molar-refractivity contribution in [1.82, 2.24) is 15.1 Å². The first-order valence-electron chi connectivity index (χ1n) is 6.09. The summed E-state index contributed by atoms with van der Waals surface area (Å²) in [6.07, 6.45) is 9.11. The molecule has 1 aliphatic carbocycles. The zero-order valence-electron chi connectivity index (χ0n) is 9.95. The highest BCUT2D eigenvalue weighted by Crippen LogP contribution is 2.29. The van der Waals surface area contributed by atoms with E-state index < -0.39 is 0 Å². The van der Waals surface area contributed by atoms with Gasteiger partial charge in [-0.3, -0.25) is 4.68 Å². The quantitative estimate of drug-likeness (QED) is 0.791. The van der Waals surface area contributed by atoms with Crippen LogP contribution in [0.4, 0.5) is 0 Å². The standard InChI is InChI=1S/C12H21N3O/c1-12(4-2-3-5-12)13-8-11-9-14-15(10-11)6-7-16/h9-10,13,16H,2-8H2,1H3. The molecular formula is C12H21N3O. The van der Waals surface area contributed by atoms with E-state index in [9.17, 15) is 0 Å². The average Bonchev–Trinajstić information content (AvgIpc) is 2.86. The number of hydrogen-bond donors (Lipinski definition) is 2. The lowest BCUT2D eigenvalue weighted by Gasteiger charge is -2.24. The molecule has 16 heavy (non-hydrogen) atoms. The Morgan fingerprint density at radius 3 is 2.94 bits per heavy atom. The van der Waals surface area contributed by atoms with Crippen molar-refractivity contribution in [2.45, 2.75) is 51.2 Å². The smallest absolute Gasteiger partial charge is 0.0640 e. The van der Waals surface area contributed by atoms with Crippen LogP contribution in [0, 0.1) is 0 Å². The van der Waals surface area contributed by atoms with Gasteiger partial charge in [0.2, 0.25) is 0 Å². The van der Waals surface area contributed by atoms with Crippen molar-refractivity contribution in [3.05, 3.63) is 18.0 Å². The second kappa shape index (κ2) is 4.97. The molecule has 1 aliphatic rings. The molecule has 0 atom stereocenters. The Kier molecular flexibility index (Phi) is 3.61. The van der Waals surface area contributed by atoms with Gasteiger partial charge >= 0.3 is 0 Å². The lowest BCUT2D eigenvalue weighted by molar-refractivity contribution is 0.269. The summed E-state index contributed by atoms with van der Waals surface area (Å²) in [5.41, 5.74) is 1.51. The van der Waals surface area contributed by atoms with Gasteiger partial charge in [0.1, 0.15) is 0 Å². The molecule has 2 N–H and O–H groups in total. The third kappa shape index (κ3) is 2.83. The van der Waals surface area contributed by atoms with Gasteiger partial charge in [0.25, 0.3) is 0 Å². The van der Waals surface area contributed by atoms with E-state index in [1.165, 1.54) is 31.2 Å². The molecule has 0 unspecified atom stereocenters. The zero-order valence-corrected chi connectivity index (χ0v) is 9.95. The summed E-state index contributed by atoms with van der Waals surface area (Å²) < 4.78 is 1.79. The molecule has 0 amide bonds. The van der Waals surface area contributed by atoms with Gasteiger partial charge in [-0.25, -0.2) is 0 Å². The van der Waals surface area contributed by atoms with Crippen LogP contribution < -0.4 is 5.32 Å². The van der Waals surface area contributed by atoms with E-state index in [0.717, 1.165) is 6.54 Å². The van der Waals surface area contributed by atoms with Crippen molar-refractivity contribution < 1.29 is 5.11 Å². The second-order valence-electron chi connectivity index (χ2n) is 4.96. The van der Waals surface area contributed by atoms with E-state index in [-0.39, 0.29) is 6.61 Å².